The van der Waals surface area contributed by atoms with Gasteiger partial charge < -0.3 is 15.1 Å². The van der Waals surface area contributed by atoms with Crippen LogP contribution in [0.15, 0.2) is 54.6 Å². The van der Waals surface area contributed by atoms with Gasteiger partial charge in [-0.1, -0.05) is 30.3 Å². The molecule has 5 amide bonds. The van der Waals surface area contributed by atoms with Crippen molar-refractivity contribution in [3.63, 3.8) is 0 Å². The summed E-state index contributed by atoms with van der Waals surface area (Å²) in [5.41, 5.74) is 1.08. The van der Waals surface area contributed by atoms with Gasteiger partial charge in [-0.05, 0) is 24.3 Å². The number of amides is 5. The highest BCUT2D eigenvalue weighted by atomic mass is 16.2. The van der Waals surface area contributed by atoms with Crippen LogP contribution >= 0.6 is 0 Å². The monoisotopic (exact) mass is 434 g/mol. The number of fused-ring (bicyclic) bond motifs is 1. The van der Waals surface area contributed by atoms with Crippen LogP contribution in [0.1, 0.15) is 31.1 Å². The van der Waals surface area contributed by atoms with Gasteiger partial charge in [-0.15, -0.1) is 0 Å². The molecule has 2 aliphatic rings. The molecule has 32 heavy (non-hydrogen) atoms. The normalized spacial score (nSPS) is 15.6. The topological polar surface area (TPSA) is 107 Å². The Balaban J connectivity index is 1.25. The maximum atomic E-state index is 12.7. The maximum absolute atomic E-state index is 12.7. The number of imide groups is 1. The number of carbonyl (C=O) groups excluding carboxylic acids is 5. The van der Waals surface area contributed by atoms with Crippen LogP contribution in [0, 0.1) is 0 Å². The van der Waals surface area contributed by atoms with E-state index in [1.54, 1.807) is 59.5 Å². The van der Waals surface area contributed by atoms with E-state index in [1.807, 2.05) is 0 Å². The molecule has 0 unspecified atom stereocenters. The second-order valence-corrected chi connectivity index (χ2v) is 7.55. The van der Waals surface area contributed by atoms with Crippen LogP contribution in [0.2, 0.25) is 0 Å². The van der Waals surface area contributed by atoms with Crippen LogP contribution in [0.5, 0.6) is 0 Å². The number of nitrogens with one attached hydrogen (secondary N) is 1. The first-order chi connectivity index (χ1) is 15.5. The van der Waals surface area contributed by atoms with E-state index < -0.39 is 11.8 Å². The molecule has 1 N–H and O–H groups in total. The molecule has 0 atom stereocenters. The molecule has 4 rings (SSSR count). The predicted octanol–water partition coefficient (Wildman–Crippen LogP) is 0.383. The maximum Gasteiger partial charge on any atom is 0.262 e. The standard InChI is InChI=1S/C23H22N4O5/c28-19(14-24-21(30)16-6-2-1-3-7-16)25-10-12-26(13-11-25)20(29)15-27-22(31)17-8-4-5-9-18(17)23(27)32/h1-9H,10-15H2,(H,24,30). The zero-order valence-electron chi connectivity index (χ0n) is 17.3. The molecule has 9 nitrogen and oxygen atoms in total. The number of nitrogens with zero attached hydrogens (tertiary/aromatic N) is 3. The molecule has 0 aliphatic carbocycles. The Bertz CT molecular complexity index is 1040. The van der Waals surface area contributed by atoms with Crippen molar-refractivity contribution in [3.05, 3.63) is 71.3 Å². The molecule has 2 aromatic carbocycles. The third-order valence-electron chi connectivity index (χ3n) is 5.59. The Kier molecular flexibility index (Phi) is 5.98. The average Bonchev–Trinajstić information content (AvgIpc) is 3.08. The number of hydrogen-bond acceptors (Lipinski definition) is 5. The second-order valence-electron chi connectivity index (χ2n) is 7.55. The molecule has 1 fully saturated rings. The van der Waals surface area contributed by atoms with Crippen molar-refractivity contribution in [1.29, 1.82) is 0 Å². The summed E-state index contributed by atoms with van der Waals surface area (Å²) in [6.07, 6.45) is 0. The fourth-order valence-electron chi connectivity index (χ4n) is 3.78. The van der Waals surface area contributed by atoms with E-state index in [0.717, 1.165) is 4.90 Å². The van der Waals surface area contributed by atoms with Gasteiger partial charge in [0.05, 0.1) is 17.7 Å². The molecule has 0 aromatic heterocycles. The fraction of sp³-hybridized carbons (Fsp3) is 0.261. The Morgan fingerprint density at radius 3 is 1.78 bits per heavy atom. The van der Waals surface area contributed by atoms with Crippen LogP contribution in [-0.2, 0) is 9.59 Å². The lowest BCUT2D eigenvalue weighted by atomic mass is 10.1. The van der Waals surface area contributed by atoms with Crippen LogP contribution < -0.4 is 5.32 Å². The number of benzene rings is 2. The van der Waals surface area contributed by atoms with E-state index in [0.29, 0.717) is 42.9 Å². The molecular formula is C23H22N4O5. The van der Waals surface area contributed by atoms with Crippen molar-refractivity contribution < 1.29 is 24.0 Å². The number of rotatable bonds is 5. The van der Waals surface area contributed by atoms with Gasteiger partial charge in [-0.3, -0.25) is 28.9 Å². The number of piperazine rings is 1. The van der Waals surface area contributed by atoms with Gasteiger partial charge in [0.1, 0.15) is 6.54 Å². The summed E-state index contributed by atoms with van der Waals surface area (Å²) in [6.45, 7) is 0.757. The van der Waals surface area contributed by atoms with E-state index in [4.69, 9.17) is 0 Å². The molecule has 1 saturated heterocycles. The molecule has 0 bridgehead atoms. The zero-order valence-corrected chi connectivity index (χ0v) is 17.3. The van der Waals surface area contributed by atoms with Gasteiger partial charge in [0.15, 0.2) is 0 Å². The smallest absolute Gasteiger partial charge is 0.262 e. The van der Waals surface area contributed by atoms with Crippen LogP contribution in [0.4, 0.5) is 0 Å². The fourth-order valence-corrected chi connectivity index (χ4v) is 3.78. The molecule has 0 spiro atoms. The largest absolute Gasteiger partial charge is 0.343 e. The molecule has 0 radical (unpaired) electrons. The van der Waals surface area contributed by atoms with Gasteiger partial charge in [-0.25, -0.2) is 0 Å². The highest BCUT2D eigenvalue weighted by Gasteiger charge is 2.37. The molecule has 2 aliphatic heterocycles. The van der Waals surface area contributed by atoms with E-state index in [2.05, 4.69) is 5.32 Å². The van der Waals surface area contributed by atoms with Crippen molar-refractivity contribution in [2.24, 2.45) is 0 Å². The van der Waals surface area contributed by atoms with Crippen molar-refractivity contribution in [2.75, 3.05) is 39.3 Å². The Morgan fingerprint density at radius 1 is 0.719 bits per heavy atom. The Hall–Kier alpha value is -4.01. The average molecular weight is 434 g/mol. The summed E-state index contributed by atoms with van der Waals surface area (Å²) in [5.74, 6) is -1.84. The van der Waals surface area contributed by atoms with Gasteiger partial charge in [-0.2, -0.15) is 0 Å². The van der Waals surface area contributed by atoms with Crippen molar-refractivity contribution >= 4 is 29.5 Å². The van der Waals surface area contributed by atoms with Gasteiger partial charge in [0.25, 0.3) is 17.7 Å². The van der Waals surface area contributed by atoms with Crippen molar-refractivity contribution in [1.82, 2.24) is 20.0 Å². The Labute approximate surface area is 184 Å². The van der Waals surface area contributed by atoms with E-state index in [9.17, 15) is 24.0 Å². The van der Waals surface area contributed by atoms with Crippen molar-refractivity contribution in [2.45, 2.75) is 0 Å². The summed E-state index contributed by atoms with van der Waals surface area (Å²) in [4.78, 5) is 66.1. The first-order valence-corrected chi connectivity index (χ1v) is 10.3. The van der Waals surface area contributed by atoms with E-state index >= 15 is 0 Å². The predicted molar refractivity (Wildman–Crippen MR) is 114 cm³/mol. The van der Waals surface area contributed by atoms with Crippen molar-refractivity contribution in [3.8, 4) is 0 Å². The summed E-state index contributed by atoms with van der Waals surface area (Å²) in [6, 6.07) is 15.1. The zero-order chi connectivity index (χ0) is 22.7. The molecule has 2 aromatic rings. The van der Waals surface area contributed by atoms with Gasteiger partial charge >= 0.3 is 0 Å². The van der Waals surface area contributed by atoms with Crippen LogP contribution in [0.25, 0.3) is 0 Å². The van der Waals surface area contributed by atoms with Gasteiger partial charge in [0, 0.05) is 31.7 Å². The molecular weight excluding hydrogens is 412 g/mol. The summed E-state index contributed by atoms with van der Waals surface area (Å²) >= 11 is 0. The first-order valence-electron chi connectivity index (χ1n) is 10.3. The van der Waals surface area contributed by atoms with Gasteiger partial charge in [0.2, 0.25) is 11.8 Å². The summed E-state index contributed by atoms with van der Waals surface area (Å²) in [5, 5.41) is 2.60. The highest BCUT2D eigenvalue weighted by Crippen LogP contribution is 2.22. The minimum absolute atomic E-state index is 0.128. The van der Waals surface area contributed by atoms with Crippen LogP contribution in [0.3, 0.4) is 0 Å². The number of hydrogen-bond donors (Lipinski definition) is 1. The van der Waals surface area contributed by atoms with E-state index in [1.165, 1.54) is 4.90 Å². The lowest BCUT2D eigenvalue weighted by molar-refractivity contribution is -0.139. The minimum atomic E-state index is -0.470. The quantitative estimate of drug-likeness (QED) is 0.685. The third-order valence-corrected chi connectivity index (χ3v) is 5.59. The lowest BCUT2D eigenvalue weighted by Gasteiger charge is -2.35. The first kappa shape index (κ1) is 21.2. The molecule has 9 heteroatoms. The SMILES string of the molecule is O=C(NCC(=O)N1CCN(C(=O)CN2C(=O)c3ccccc3C2=O)CC1)c1ccccc1. The molecule has 164 valence electrons. The molecule has 0 saturated carbocycles. The van der Waals surface area contributed by atoms with Crippen LogP contribution in [-0.4, -0.2) is 83.5 Å². The lowest BCUT2D eigenvalue weighted by Crippen LogP contribution is -2.54. The summed E-state index contributed by atoms with van der Waals surface area (Å²) < 4.78 is 0. The Morgan fingerprint density at radius 2 is 1.22 bits per heavy atom. The minimum Gasteiger partial charge on any atom is -0.343 e. The highest BCUT2D eigenvalue weighted by molar-refractivity contribution is 6.22. The van der Waals surface area contributed by atoms with E-state index in [-0.39, 0.29) is 30.8 Å². The second kappa shape index (κ2) is 9.01. The summed E-state index contributed by atoms with van der Waals surface area (Å²) in [7, 11) is 0. The number of carbonyl (C=O) groups is 5. The third kappa shape index (κ3) is 4.22. The molecule has 2 heterocycles.